The second kappa shape index (κ2) is 22.9. The smallest absolute Gasteiger partial charge is 0.407 e. The molecule has 0 spiro atoms. The minimum atomic E-state index is -0.638. The van der Waals surface area contributed by atoms with Gasteiger partial charge < -0.3 is 14.8 Å². The maximum atomic E-state index is 12.5. The fourth-order valence-corrected chi connectivity index (χ4v) is 3.71. The van der Waals surface area contributed by atoms with Gasteiger partial charge in [-0.2, -0.15) is 0 Å². The molecule has 0 bridgehead atoms. The second-order valence-electron chi connectivity index (χ2n) is 9.26. The van der Waals surface area contributed by atoms with Gasteiger partial charge in [-0.05, 0) is 18.8 Å². The molecule has 2 atom stereocenters. The molecule has 0 saturated heterocycles. The second-order valence-corrected chi connectivity index (χ2v) is 9.26. The van der Waals surface area contributed by atoms with E-state index < -0.39 is 12.1 Å². The summed E-state index contributed by atoms with van der Waals surface area (Å²) in [7, 11) is 0. The van der Waals surface area contributed by atoms with Crippen molar-refractivity contribution in [1.29, 1.82) is 0 Å². The molecular formula is C27H53NO4. The molecule has 0 aromatic rings. The van der Waals surface area contributed by atoms with Gasteiger partial charge in [0.25, 0.3) is 0 Å². The third-order valence-electron chi connectivity index (χ3n) is 6.21. The van der Waals surface area contributed by atoms with Crippen molar-refractivity contribution in [2.75, 3.05) is 13.2 Å². The van der Waals surface area contributed by atoms with Crippen LogP contribution in [0.2, 0.25) is 0 Å². The summed E-state index contributed by atoms with van der Waals surface area (Å²) in [4.78, 5) is 24.4. The van der Waals surface area contributed by atoms with Crippen LogP contribution in [0, 0.1) is 5.92 Å². The lowest BCUT2D eigenvalue weighted by molar-refractivity contribution is -0.147. The lowest BCUT2D eigenvalue weighted by atomic mass is 9.99. The molecule has 190 valence electrons. The topological polar surface area (TPSA) is 64.6 Å². The van der Waals surface area contributed by atoms with Crippen molar-refractivity contribution in [3.8, 4) is 0 Å². The fourth-order valence-electron chi connectivity index (χ4n) is 3.71. The molecular weight excluding hydrogens is 402 g/mol. The largest absolute Gasteiger partial charge is 0.464 e. The van der Waals surface area contributed by atoms with Crippen LogP contribution < -0.4 is 5.32 Å². The number of ether oxygens (including phenoxy) is 2. The molecule has 32 heavy (non-hydrogen) atoms. The molecule has 1 N–H and O–H groups in total. The van der Waals surface area contributed by atoms with Gasteiger partial charge in [-0.3, -0.25) is 0 Å². The van der Waals surface area contributed by atoms with E-state index in [4.69, 9.17) is 9.47 Å². The highest BCUT2D eigenvalue weighted by Gasteiger charge is 2.27. The number of alkyl carbamates (subject to hydrolysis) is 1. The Kier molecular flexibility index (Phi) is 22.0. The summed E-state index contributed by atoms with van der Waals surface area (Å²) in [5.74, 6) is -0.334. The lowest BCUT2D eigenvalue weighted by Gasteiger charge is -2.22. The molecule has 0 aromatic carbocycles. The molecule has 0 heterocycles. The van der Waals surface area contributed by atoms with Gasteiger partial charge in [-0.1, -0.05) is 124 Å². The highest BCUT2D eigenvalue weighted by molar-refractivity contribution is 5.81. The highest BCUT2D eigenvalue weighted by atomic mass is 16.6. The van der Waals surface area contributed by atoms with E-state index in [-0.39, 0.29) is 11.9 Å². The summed E-state index contributed by atoms with van der Waals surface area (Å²) < 4.78 is 10.6. The van der Waals surface area contributed by atoms with E-state index in [1.807, 2.05) is 20.8 Å². The van der Waals surface area contributed by atoms with Gasteiger partial charge in [0.15, 0.2) is 0 Å². The first-order chi connectivity index (χ1) is 15.6. The zero-order chi connectivity index (χ0) is 23.9. The van der Waals surface area contributed by atoms with Gasteiger partial charge in [0.1, 0.15) is 6.04 Å². The molecule has 5 heteroatoms. The number of hydrogen-bond acceptors (Lipinski definition) is 4. The van der Waals surface area contributed by atoms with Crippen molar-refractivity contribution >= 4 is 12.1 Å². The van der Waals surface area contributed by atoms with E-state index in [1.54, 1.807) is 0 Å². The summed E-state index contributed by atoms with van der Waals surface area (Å²) >= 11 is 0. The van der Waals surface area contributed by atoms with Crippen molar-refractivity contribution in [2.45, 2.75) is 143 Å². The van der Waals surface area contributed by atoms with E-state index in [0.29, 0.717) is 13.2 Å². The van der Waals surface area contributed by atoms with E-state index in [1.165, 1.54) is 77.0 Å². The molecule has 0 saturated carbocycles. The Hall–Kier alpha value is -1.26. The van der Waals surface area contributed by atoms with Crippen LogP contribution in [0.5, 0.6) is 0 Å². The number of carbonyl (C=O) groups excluding carboxylic acids is 2. The fraction of sp³-hybridized carbons (Fsp3) is 0.926. The summed E-state index contributed by atoms with van der Waals surface area (Å²) in [5.41, 5.74) is 0. The van der Waals surface area contributed by atoms with E-state index in [9.17, 15) is 9.59 Å². The van der Waals surface area contributed by atoms with Crippen molar-refractivity contribution in [2.24, 2.45) is 5.92 Å². The van der Waals surface area contributed by atoms with Crippen molar-refractivity contribution in [3.63, 3.8) is 0 Å². The quantitative estimate of drug-likeness (QED) is 0.133. The van der Waals surface area contributed by atoms with Crippen molar-refractivity contribution in [1.82, 2.24) is 5.32 Å². The van der Waals surface area contributed by atoms with Crippen LogP contribution in [-0.4, -0.2) is 31.3 Å². The summed E-state index contributed by atoms with van der Waals surface area (Å²) in [5, 5.41) is 2.69. The summed E-state index contributed by atoms with van der Waals surface area (Å²) in [6.45, 7) is 9.06. The highest BCUT2D eigenvalue weighted by Crippen LogP contribution is 2.14. The molecule has 1 amide bonds. The first-order valence-corrected chi connectivity index (χ1v) is 13.7. The van der Waals surface area contributed by atoms with Gasteiger partial charge in [-0.15, -0.1) is 0 Å². The van der Waals surface area contributed by atoms with Crippen LogP contribution >= 0.6 is 0 Å². The van der Waals surface area contributed by atoms with Crippen LogP contribution in [-0.2, 0) is 14.3 Å². The molecule has 0 aliphatic rings. The lowest BCUT2D eigenvalue weighted by Crippen LogP contribution is -2.46. The molecule has 0 aliphatic carbocycles. The molecule has 0 fully saturated rings. The monoisotopic (exact) mass is 455 g/mol. The predicted octanol–water partition coefficient (Wildman–Crippen LogP) is 7.95. The molecule has 5 nitrogen and oxygen atoms in total. The third-order valence-corrected chi connectivity index (χ3v) is 6.21. The third kappa shape index (κ3) is 18.3. The molecule has 0 rings (SSSR count). The molecule has 2 unspecified atom stereocenters. The Morgan fingerprint density at radius 1 is 0.625 bits per heavy atom. The Balaban J connectivity index is 3.73. The number of nitrogens with one attached hydrogen (secondary N) is 1. The normalized spacial score (nSPS) is 12.9. The number of carbonyl (C=O) groups is 2. The first kappa shape index (κ1) is 30.7. The van der Waals surface area contributed by atoms with Crippen molar-refractivity contribution < 1.29 is 19.1 Å². The van der Waals surface area contributed by atoms with Gasteiger partial charge in [-0.25, -0.2) is 9.59 Å². The average Bonchev–Trinajstić information content (AvgIpc) is 2.79. The van der Waals surface area contributed by atoms with Gasteiger partial charge in [0.05, 0.1) is 13.2 Å². The van der Waals surface area contributed by atoms with Crippen LogP contribution in [0.1, 0.15) is 137 Å². The Bertz CT molecular complexity index is 441. The summed E-state index contributed by atoms with van der Waals surface area (Å²) in [6.07, 6.45) is 20.3. The Labute approximate surface area is 198 Å². The number of rotatable bonds is 22. The number of esters is 1. The predicted molar refractivity (Wildman–Crippen MR) is 134 cm³/mol. The van der Waals surface area contributed by atoms with E-state index in [2.05, 4.69) is 12.2 Å². The molecule has 0 aromatic heterocycles. The number of hydrogen-bond donors (Lipinski definition) is 1. The molecule has 0 radical (unpaired) electrons. The van der Waals surface area contributed by atoms with Gasteiger partial charge in [0, 0.05) is 0 Å². The first-order valence-electron chi connectivity index (χ1n) is 13.7. The van der Waals surface area contributed by atoms with Crippen molar-refractivity contribution in [3.05, 3.63) is 0 Å². The van der Waals surface area contributed by atoms with Crippen LogP contribution in [0.4, 0.5) is 4.79 Å². The number of unbranched alkanes of at least 4 members (excludes halogenated alkanes) is 14. The average molecular weight is 456 g/mol. The summed E-state index contributed by atoms with van der Waals surface area (Å²) in [6, 6.07) is -0.638. The Morgan fingerprint density at radius 3 is 1.53 bits per heavy atom. The minimum Gasteiger partial charge on any atom is -0.464 e. The maximum Gasteiger partial charge on any atom is 0.407 e. The maximum absolute atomic E-state index is 12.5. The number of amides is 1. The van der Waals surface area contributed by atoms with E-state index in [0.717, 1.165) is 32.1 Å². The van der Waals surface area contributed by atoms with Crippen LogP contribution in [0.25, 0.3) is 0 Å². The zero-order valence-electron chi connectivity index (χ0n) is 21.7. The van der Waals surface area contributed by atoms with Gasteiger partial charge in [0.2, 0.25) is 0 Å². The molecule has 0 aliphatic heterocycles. The van der Waals surface area contributed by atoms with Gasteiger partial charge >= 0.3 is 12.1 Å². The Morgan fingerprint density at radius 2 is 1.06 bits per heavy atom. The minimum absolute atomic E-state index is 0.0116. The SMILES string of the molecule is CCCCCCCCCCCCCCCCOC(=O)C(NC(=O)OCCCC)C(C)CC. The van der Waals surface area contributed by atoms with Crippen LogP contribution in [0.15, 0.2) is 0 Å². The zero-order valence-corrected chi connectivity index (χ0v) is 21.7. The van der Waals surface area contributed by atoms with Crippen LogP contribution in [0.3, 0.4) is 0 Å². The van der Waals surface area contributed by atoms with E-state index >= 15 is 0 Å². The standard InChI is InChI=1S/C27H53NO4/c1-5-8-10-11-12-13-14-15-16-17-18-19-20-21-23-31-26(29)25(24(4)7-3)28-27(30)32-22-9-6-2/h24-25H,5-23H2,1-4H3,(H,28,30).